The third-order valence-electron chi connectivity index (χ3n) is 0.825. The molecule has 4 nitrogen and oxygen atoms in total. The zero-order chi connectivity index (χ0) is 8.24. The number of rotatable bonds is 4. The first kappa shape index (κ1) is 12.9. The van der Waals surface area contributed by atoms with Gasteiger partial charge in [-0.1, -0.05) is 6.42 Å². The molecule has 66 valence electrons. The molecule has 0 aliphatic rings. The molecule has 0 bridgehead atoms. The molecule has 0 fully saturated rings. The second-order valence-electron chi connectivity index (χ2n) is 1.58. The molecule has 0 aromatic rings. The zero-order valence-electron chi connectivity index (χ0n) is 5.75. The summed E-state index contributed by atoms with van der Waals surface area (Å²) in [5, 5.41) is 0. The van der Waals surface area contributed by atoms with Gasteiger partial charge in [0.1, 0.15) is 0 Å². The first-order valence-electron chi connectivity index (χ1n) is 2.93. The molecular weight excluding hydrogens is 223 g/mol. The first-order valence-corrected chi connectivity index (χ1v) is 4.34. The van der Waals surface area contributed by atoms with Crippen LogP contribution in [0, 0.1) is 6.54 Å². The van der Waals surface area contributed by atoms with Gasteiger partial charge in [-0.15, -0.1) is 0 Å². The molecule has 0 saturated heterocycles. The molecule has 0 spiro atoms. The maximum atomic E-state index is 8.56. The average Bonchev–Trinajstić information content (AvgIpc) is 1.91. The molecule has 0 amide bonds. The molecule has 5 heteroatoms. The monoisotopic (exact) mass is 237 g/mol. The molecule has 0 radical (unpaired) electrons. The van der Waals surface area contributed by atoms with Gasteiger partial charge in [-0.2, -0.15) is 6.42 Å². The second-order valence-corrected chi connectivity index (χ2v) is 1.88. The molecule has 0 rings (SSSR count). The van der Waals surface area contributed by atoms with Crippen LogP contribution < -0.4 is 11.5 Å². The van der Waals surface area contributed by atoms with Gasteiger partial charge >= 0.3 is 24.9 Å². The minimum absolute atomic E-state index is 0.786. The van der Waals surface area contributed by atoms with Gasteiger partial charge in [-0.25, -0.2) is 0 Å². The number of unbranched alkanes of at least 4 members (excludes halogenated alkanes) is 2. The maximum absolute atomic E-state index is 8.56. The van der Waals surface area contributed by atoms with Crippen LogP contribution in [0.3, 0.4) is 0 Å². The number of nitrogens with two attached hydrogens (primary N) is 2. The summed E-state index contributed by atoms with van der Waals surface area (Å²) >= 11 is -1.42. The van der Waals surface area contributed by atoms with Crippen molar-refractivity contribution in [1.82, 2.24) is 0 Å². The van der Waals surface area contributed by atoms with Crippen molar-refractivity contribution >= 4 is 0 Å². The van der Waals surface area contributed by atoms with Crippen molar-refractivity contribution in [3.8, 4) is 0 Å². The van der Waals surface area contributed by atoms with Crippen molar-refractivity contribution < 1.29 is 24.9 Å². The van der Waals surface area contributed by atoms with Crippen LogP contribution in [0.1, 0.15) is 19.3 Å². The summed E-state index contributed by atoms with van der Waals surface area (Å²) in [5.41, 5.74) is 10.3. The zero-order valence-corrected chi connectivity index (χ0v) is 7.39. The Morgan fingerprint density at radius 3 is 2.30 bits per heavy atom. The Balaban J connectivity index is 0. The van der Waals surface area contributed by atoms with E-state index in [0.717, 1.165) is 25.8 Å². The van der Waals surface area contributed by atoms with E-state index >= 15 is 0 Å². The van der Waals surface area contributed by atoms with E-state index in [0.29, 0.717) is 0 Å². The molecule has 0 aliphatic heterocycles. The predicted molar refractivity (Wildman–Crippen MR) is 34.3 cm³/mol. The van der Waals surface area contributed by atoms with Crippen molar-refractivity contribution in [3.05, 3.63) is 6.54 Å². The molecule has 0 aromatic carbocycles. The van der Waals surface area contributed by atoms with Crippen LogP contribution in [0.15, 0.2) is 0 Å². The first-order chi connectivity index (χ1) is 4.83. The van der Waals surface area contributed by atoms with E-state index in [1.165, 1.54) is 0 Å². The van der Waals surface area contributed by atoms with Crippen molar-refractivity contribution in [1.29, 1.82) is 0 Å². The van der Waals surface area contributed by atoms with E-state index in [1.807, 2.05) is 0 Å². The third kappa shape index (κ3) is 23.9. The van der Waals surface area contributed by atoms with Crippen molar-refractivity contribution in [2.24, 2.45) is 11.5 Å². The van der Waals surface area contributed by atoms with Gasteiger partial charge in [0.15, 0.2) is 0 Å². The van der Waals surface area contributed by atoms with Crippen LogP contribution in [0.2, 0.25) is 0 Å². The fraction of sp³-hybridized carbons (Fsp3) is 0.800. The summed E-state index contributed by atoms with van der Waals surface area (Å²) in [4.78, 5) is 0. The molecule has 0 heterocycles. The minimum atomic E-state index is -1.42. The summed E-state index contributed by atoms with van der Waals surface area (Å²) in [6.45, 7) is 2.46. The molecule has 0 aromatic heterocycles. The molecule has 0 atom stereocenters. The fourth-order valence-electron chi connectivity index (χ4n) is 0.407. The van der Waals surface area contributed by atoms with Crippen LogP contribution in [0.4, 0.5) is 0 Å². The normalized spacial score (nSPS) is 8.70. The van der Waals surface area contributed by atoms with Crippen LogP contribution in [0.5, 0.6) is 0 Å². The van der Waals surface area contributed by atoms with Gasteiger partial charge < -0.3 is 11.5 Å². The Labute approximate surface area is 69.2 Å². The van der Waals surface area contributed by atoms with Crippen LogP contribution in [-0.4, -0.2) is 10.5 Å². The summed E-state index contributed by atoms with van der Waals surface area (Å²) in [6.07, 6.45) is 3.22. The van der Waals surface area contributed by atoms with Crippen LogP contribution in [-0.2, 0) is 21.0 Å². The second kappa shape index (κ2) is 16.1. The molecule has 10 heavy (non-hydrogen) atoms. The fourth-order valence-corrected chi connectivity index (χ4v) is 0.407. The van der Waals surface area contributed by atoms with E-state index < -0.39 is 17.4 Å². The van der Waals surface area contributed by atoms with Crippen molar-refractivity contribution in [2.45, 2.75) is 19.3 Å². The standard InChI is InChI=1S/C5H13N2.H2O.O.Rh/c6-4-2-1-3-5-7;;;/h4H,1-3,5-7H2;1H2;;/q-1;;;+1/p-1. The average molecular weight is 237 g/mol. The van der Waals surface area contributed by atoms with Crippen LogP contribution in [0.25, 0.3) is 0 Å². The molecule has 0 saturated carbocycles. The van der Waals surface area contributed by atoms with Gasteiger partial charge in [0.05, 0.1) is 0 Å². The third-order valence-corrected chi connectivity index (χ3v) is 0.825. The van der Waals surface area contributed by atoms with E-state index in [9.17, 15) is 0 Å². The van der Waals surface area contributed by atoms with Gasteiger partial charge in [-0.3, -0.25) is 6.54 Å². The van der Waals surface area contributed by atoms with E-state index in [1.54, 1.807) is 6.54 Å². The molecule has 0 aliphatic carbocycles. The van der Waals surface area contributed by atoms with E-state index in [-0.39, 0.29) is 0 Å². The Morgan fingerprint density at radius 2 is 2.00 bits per heavy atom. The number of hydrogen-bond acceptors (Lipinski definition) is 3. The van der Waals surface area contributed by atoms with Gasteiger partial charge in [0, 0.05) is 0 Å². The van der Waals surface area contributed by atoms with Gasteiger partial charge in [0.25, 0.3) is 0 Å². The van der Waals surface area contributed by atoms with Gasteiger partial charge in [0.2, 0.25) is 0 Å². The van der Waals surface area contributed by atoms with Gasteiger partial charge in [-0.05, 0) is 13.0 Å². The summed E-state index contributed by atoms with van der Waals surface area (Å²) in [5.74, 6) is 0. The quantitative estimate of drug-likeness (QED) is 0.351. The Hall–Kier alpha value is 0.303. The van der Waals surface area contributed by atoms with E-state index in [4.69, 9.17) is 19.0 Å². The number of hydrogen-bond donors (Lipinski definition) is 3. The molecular formula is C5H14N2O2Rh-. The summed E-state index contributed by atoms with van der Waals surface area (Å²) in [7, 11) is 0. The van der Waals surface area contributed by atoms with Crippen molar-refractivity contribution in [3.63, 3.8) is 0 Å². The predicted octanol–water partition coefficient (Wildman–Crippen LogP) is -0.442. The summed E-state index contributed by atoms with van der Waals surface area (Å²) in [6, 6.07) is 0. The Kier molecular flexibility index (Phi) is 20.9. The van der Waals surface area contributed by atoms with E-state index in [2.05, 4.69) is 0 Å². The SMILES string of the molecule is N[CH-]CCCCN.[O]=[Rh][OH]. The Bertz CT molecular complexity index is 59.6. The van der Waals surface area contributed by atoms with Crippen molar-refractivity contribution in [2.75, 3.05) is 6.54 Å². The topological polar surface area (TPSA) is 89.3 Å². The molecule has 0 unspecified atom stereocenters. The summed E-state index contributed by atoms with van der Waals surface area (Å²) < 4.78 is 15.6. The van der Waals surface area contributed by atoms with Crippen LogP contribution >= 0.6 is 0 Å². The molecule has 5 N–H and O–H groups in total. The Morgan fingerprint density at radius 1 is 1.50 bits per heavy atom.